The molecule has 0 heterocycles. The van der Waals surface area contributed by atoms with E-state index in [1.165, 1.54) is 6.20 Å². The SMILES string of the molecule is C=C=C(N)NCC(/C=C\N)=C/C=C. The molecule has 0 saturated heterocycles. The number of allylic oxidation sites excluding steroid dienone is 2. The van der Waals surface area contributed by atoms with E-state index in [0.717, 1.165) is 5.57 Å². The molecule has 70 valence electrons. The largest absolute Gasteiger partial charge is 0.405 e. The molecule has 0 aromatic carbocycles. The average Bonchev–Trinajstić information content (AvgIpc) is 2.14. The third kappa shape index (κ3) is 5.41. The fourth-order valence-corrected chi connectivity index (χ4v) is 0.708. The molecule has 0 bridgehead atoms. The zero-order chi connectivity index (χ0) is 10.1. The highest BCUT2D eigenvalue weighted by molar-refractivity contribution is 5.24. The molecule has 3 nitrogen and oxygen atoms in total. The average molecular weight is 177 g/mol. The predicted octanol–water partition coefficient (Wildman–Crippen LogP) is 0.746. The summed E-state index contributed by atoms with van der Waals surface area (Å²) >= 11 is 0. The molecular formula is C10H15N3. The fraction of sp³-hybridized carbons (Fsp3) is 0.100. The summed E-state index contributed by atoms with van der Waals surface area (Å²) in [5.74, 6) is 0.417. The van der Waals surface area contributed by atoms with Crippen molar-refractivity contribution in [2.24, 2.45) is 11.5 Å². The van der Waals surface area contributed by atoms with Crippen LogP contribution in [-0.2, 0) is 0 Å². The molecule has 3 heteroatoms. The van der Waals surface area contributed by atoms with Gasteiger partial charge in [0.15, 0.2) is 0 Å². The van der Waals surface area contributed by atoms with Gasteiger partial charge in [-0.25, -0.2) is 0 Å². The molecule has 0 aliphatic carbocycles. The fourth-order valence-electron chi connectivity index (χ4n) is 0.708. The summed E-state index contributed by atoms with van der Waals surface area (Å²) in [5, 5.41) is 2.90. The van der Waals surface area contributed by atoms with Gasteiger partial charge in [-0.3, -0.25) is 0 Å². The Labute approximate surface area is 78.8 Å². The van der Waals surface area contributed by atoms with Gasteiger partial charge in [-0.15, -0.1) is 0 Å². The minimum atomic E-state index is 0.417. The van der Waals surface area contributed by atoms with Crippen LogP contribution in [0.15, 0.2) is 54.7 Å². The maximum atomic E-state index is 5.44. The molecule has 0 aromatic heterocycles. The Morgan fingerprint density at radius 3 is 2.69 bits per heavy atom. The van der Waals surface area contributed by atoms with Crippen molar-refractivity contribution in [3.63, 3.8) is 0 Å². The highest BCUT2D eigenvalue weighted by Crippen LogP contribution is 1.94. The zero-order valence-corrected chi connectivity index (χ0v) is 7.59. The quantitative estimate of drug-likeness (QED) is 0.429. The topological polar surface area (TPSA) is 64.1 Å². The normalized spacial score (nSPS) is 10.9. The number of nitrogens with two attached hydrogens (primary N) is 2. The lowest BCUT2D eigenvalue weighted by Crippen LogP contribution is -2.21. The molecular weight excluding hydrogens is 162 g/mol. The van der Waals surface area contributed by atoms with Gasteiger partial charge in [0.05, 0.1) is 0 Å². The van der Waals surface area contributed by atoms with Gasteiger partial charge in [0.1, 0.15) is 5.82 Å². The number of nitrogens with one attached hydrogen (secondary N) is 1. The Hall–Kier alpha value is -1.86. The molecule has 0 atom stereocenters. The van der Waals surface area contributed by atoms with Gasteiger partial charge in [0.2, 0.25) is 0 Å². The van der Waals surface area contributed by atoms with Crippen LogP contribution in [0.5, 0.6) is 0 Å². The Balaban J connectivity index is 4.20. The van der Waals surface area contributed by atoms with E-state index in [-0.39, 0.29) is 0 Å². The van der Waals surface area contributed by atoms with Gasteiger partial charge in [-0.2, -0.15) is 0 Å². The minimum Gasteiger partial charge on any atom is -0.405 e. The van der Waals surface area contributed by atoms with Crippen molar-refractivity contribution >= 4 is 0 Å². The second-order valence-corrected chi connectivity index (χ2v) is 2.28. The van der Waals surface area contributed by atoms with Gasteiger partial charge >= 0.3 is 0 Å². The molecule has 0 rings (SSSR count). The van der Waals surface area contributed by atoms with Gasteiger partial charge in [0.25, 0.3) is 0 Å². The lowest BCUT2D eigenvalue weighted by molar-refractivity contribution is 0.870. The maximum absolute atomic E-state index is 5.44. The van der Waals surface area contributed by atoms with E-state index in [0.29, 0.717) is 12.4 Å². The van der Waals surface area contributed by atoms with Gasteiger partial charge in [0, 0.05) is 6.54 Å². The van der Waals surface area contributed by atoms with Crippen molar-refractivity contribution in [2.45, 2.75) is 0 Å². The summed E-state index contributed by atoms with van der Waals surface area (Å²) < 4.78 is 0. The summed E-state index contributed by atoms with van der Waals surface area (Å²) in [6.07, 6.45) is 6.76. The highest BCUT2D eigenvalue weighted by atomic mass is 15.0. The molecule has 0 aliphatic heterocycles. The first-order chi connectivity index (χ1) is 6.24. The van der Waals surface area contributed by atoms with Crippen molar-refractivity contribution < 1.29 is 0 Å². The Morgan fingerprint density at radius 1 is 1.54 bits per heavy atom. The van der Waals surface area contributed by atoms with Crippen molar-refractivity contribution in [3.8, 4) is 0 Å². The first-order valence-electron chi connectivity index (χ1n) is 3.83. The Morgan fingerprint density at radius 2 is 2.23 bits per heavy atom. The molecule has 5 N–H and O–H groups in total. The predicted molar refractivity (Wildman–Crippen MR) is 56.5 cm³/mol. The number of rotatable bonds is 5. The standard InChI is InChI=1S/C10H15N3/c1-3-5-9(6-7-11)8-13-10(12)4-2/h3,5-7,13H,1-2,8,11-12H2/b7-6-,9-5+. The van der Waals surface area contributed by atoms with E-state index in [9.17, 15) is 0 Å². The van der Waals surface area contributed by atoms with E-state index in [1.807, 2.05) is 6.08 Å². The smallest absolute Gasteiger partial charge is 0.141 e. The van der Waals surface area contributed by atoms with Crippen LogP contribution in [0.3, 0.4) is 0 Å². The van der Waals surface area contributed by atoms with Crippen molar-refractivity contribution in [2.75, 3.05) is 6.54 Å². The van der Waals surface area contributed by atoms with Gasteiger partial charge in [-0.05, 0) is 17.8 Å². The first kappa shape index (κ1) is 11.1. The first-order valence-corrected chi connectivity index (χ1v) is 3.83. The van der Waals surface area contributed by atoms with E-state index < -0.39 is 0 Å². The molecule has 0 amide bonds. The van der Waals surface area contributed by atoms with Crippen molar-refractivity contribution in [3.05, 3.63) is 54.7 Å². The summed E-state index contributed by atoms with van der Waals surface area (Å²) in [7, 11) is 0. The van der Waals surface area contributed by atoms with Gasteiger partial charge in [-0.1, -0.05) is 31.0 Å². The van der Waals surface area contributed by atoms with Crippen LogP contribution in [0.4, 0.5) is 0 Å². The van der Waals surface area contributed by atoms with Crippen LogP contribution in [0.1, 0.15) is 0 Å². The van der Waals surface area contributed by atoms with E-state index in [4.69, 9.17) is 11.5 Å². The molecule has 0 aliphatic rings. The Kier molecular flexibility index (Phi) is 5.85. The third-order valence-electron chi connectivity index (χ3n) is 1.32. The lowest BCUT2D eigenvalue weighted by atomic mass is 10.2. The second-order valence-electron chi connectivity index (χ2n) is 2.28. The third-order valence-corrected chi connectivity index (χ3v) is 1.32. The zero-order valence-electron chi connectivity index (χ0n) is 7.59. The van der Waals surface area contributed by atoms with E-state index >= 15 is 0 Å². The Bertz CT molecular complexity index is 268. The summed E-state index contributed by atoms with van der Waals surface area (Å²) in [5.41, 5.74) is 14.2. The summed E-state index contributed by atoms with van der Waals surface area (Å²) in [6.45, 7) is 7.56. The lowest BCUT2D eigenvalue weighted by Gasteiger charge is -2.04. The van der Waals surface area contributed by atoms with Crippen LogP contribution in [0, 0.1) is 0 Å². The summed E-state index contributed by atoms with van der Waals surface area (Å²) in [6, 6.07) is 0. The molecule has 0 saturated carbocycles. The molecule has 0 spiro atoms. The molecule has 0 fully saturated rings. The number of hydrogen-bond donors (Lipinski definition) is 3. The second kappa shape index (κ2) is 6.83. The van der Waals surface area contributed by atoms with Crippen LogP contribution in [0.2, 0.25) is 0 Å². The minimum absolute atomic E-state index is 0.417. The van der Waals surface area contributed by atoms with E-state index in [2.05, 4.69) is 24.2 Å². The van der Waals surface area contributed by atoms with Crippen LogP contribution in [0.25, 0.3) is 0 Å². The maximum Gasteiger partial charge on any atom is 0.141 e. The molecule has 0 unspecified atom stereocenters. The molecule has 0 radical (unpaired) electrons. The van der Waals surface area contributed by atoms with Gasteiger partial charge < -0.3 is 16.8 Å². The molecule has 13 heavy (non-hydrogen) atoms. The van der Waals surface area contributed by atoms with Crippen molar-refractivity contribution in [1.82, 2.24) is 5.32 Å². The summed E-state index contributed by atoms with van der Waals surface area (Å²) in [4.78, 5) is 0. The highest BCUT2D eigenvalue weighted by Gasteiger charge is 1.90. The van der Waals surface area contributed by atoms with Crippen LogP contribution >= 0.6 is 0 Å². The van der Waals surface area contributed by atoms with Crippen LogP contribution < -0.4 is 16.8 Å². The number of hydrogen-bond acceptors (Lipinski definition) is 3. The van der Waals surface area contributed by atoms with E-state index in [1.54, 1.807) is 12.2 Å². The monoisotopic (exact) mass is 177 g/mol. The van der Waals surface area contributed by atoms with Crippen molar-refractivity contribution in [1.29, 1.82) is 0 Å². The van der Waals surface area contributed by atoms with Crippen LogP contribution in [-0.4, -0.2) is 6.54 Å². The molecule has 0 aromatic rings.